The number of nitrogens with zero attached hydrogens (tertiary/aromatic N) is 3. The van der Waals surface area contributed by atoms with Crippen LogP contribution in [0.15, 0.2) is 18.2 Å². The van der Waals surface area contributed by atoms with Gasteiger partial charge >= 0.3 is 6.18 Å². The highest BCUT2D eigenvalue weighted by Crippen LogP contribution is 2.37. The molecule has 1 aromatic carbocycles. The zero-order valence-corrected chi connectivity index (χ0v) is 11.2. The normalized spacial score (nSPS) is 11.2. The van der Waals surface area contributed by atoms with Gasteiger partial charge in [-0.1, -0.05) is 11.3 Å². The Hall–Kier alpha value is -1.85. The van der Waals surface area contributed by atoms with Crippen molar-refractivity contribution >= 4 is 22.9 Å². The summed E-state index contributed by atoms with van der Waals surface area (Å²) in [5.74, 6) is -0.372. The second kappa shape index (κ2) is 5.64. The molecule has 0 aliphatic heterocycles. The van der Waals surface area contributed by atoms with Crippen LogP contribution in [-0.2, 0) is 12.8 Å². The molecule has 0 aliphatic carbocycles. The van der Waals surface area contributed by atoms with Gasteiger partial charge in [0.15, 0.2) is 5.01 Å². The molecule has 9 heteroatoms. The molecule has 0 atom stereocenters. The van der Waals surface area contributed by atoms with Gasteiger partial charge in [-0.25, -0.2) is 0 Å². The molecule has 20 heavy (non-hydrogen) atoms. The van der Waals surface area contributed by atoms with E-state index in [0.29, 0.717) is 5.01 Å². The summed E-state index contributed by atoms with van der Waals surface area (Å²) in [6, 6.07) is 4.74. The number of alkyl halides is 3. The van der Waals surface area contributed by atoms with Crippen LogP contribution in [0, 0.1) is 11.3 Å². The van der Waals surface area contributed by atoms with E-state index >= 15 is 0 Å². The van der Waals surface area contributed by atoms with Gasteiger partial charge in [0.25, 0.3) is 0 Å². The van der Waals surface area contributed by atoms with Gasteiger partial charge in [-0.2, -0.15) is 18.4 Å². The topological polar surface area (TPSA) is 58.8 Å². The quantitative estimate of drug-likeness (QED) is 0.866. The molecule has 2 aromatic rings. The third-order valence-corrected chi connectivity index (χ3v) is 3.20. The first-order chi connectivity index (χ1) is 9.40. The minimum Gasteiger partial charge on any atom is -0.486 e. The van der Waals surface area contributed by atoms with E-state index in [0.717, 1.165) is 23.5 Å². The molecule has 0 saturated heterocycles. The summed E-state index contributed by atoms with van der Waals surface area (Å²) in [4.78, 5) is 0. The number of aromatic nitrogens is 2. The van der Waals surface area contributed by atoms with Crippen molar-refractivity contribution < 1.29 is 17.9 Å². The lowest BCUT2D eigenvalue weighted by atomic mass is 10.1. The molecule has 1 heterocycles. The van der Waals surface area contributed by atoms with Gasteiger partial charge in [-0.15, -0.1) is 10.2 Å². The standard InChI is InChI=1S/C11H5ClF3N3OS/c12-10-18-17-9(20-10)5-19-8-2-1-6(4-16)3-7(8)11(13,14)15/h1-3H,5H2. The van der Waals surface area contributed by atoms with Gasteiger partial charge in [0.1, 0.15) is 12.4 Å². The molecule has 0 radical (unpaired) electrons. The van der Waals surface area contributed by atoms with Gasteiger partial charge < -0.3 is 4.74 Å². The van der Waals surface area contributed by atoms with Crippen LogP contribution < -0.4 is 4.74 Å². The fraction of sp³-hybridized carbons (Fsp3) is 0.182. The van der Waals surface area contributed by atoms with Crippen molar-refractivity contribution in [1.29, 1.82) is 5.26 Å². The second-order valence-corrected chi connectivity index (χ2v) is 5.20. The molecule has 0 amide bonds. The van der Waals surface area contributed by atoms with E-state index in [2.05, 4.69) is 10.2 Å². The van der Waals surface area contributed by atoms with E-state index in [1.165, 1.54) is 6.07 Å². The zero-order valence-electron chi connectivity index (χ0n) is 9.61. The van der Waals surface area contributed by atoms with Crippen molar-refractivity contribution in [1.82, 2.24) is 10.2 Å². The van der Waals surface area contributed by atoms with E-state index in [-0.39, 0.29) is 22.4 Å². The van der Waals surface area contributed by atoms with E-state index in [1.807, 2.05) is 0 Å². The molecule has 0 N–H and O–H groups in total. The fourth-order valence-corrected chi connectivity index (χ4v) is 2.16. The first kappa shape index (κ1) is 14.6. The van der Waals surface area contributed by atoms with Crippen molar-refractivity contribution in [3.63, 3.8) is 0 Å². The van der Waals surface area contributed by atoms with E-state index < -0.39 is 11.7 Å². The lowest BCUT2D eigenvalue weighted by Crippen LogP contribution is -2.09. The molecule has 0 saturated carbocycles. The Morgan fingerprint density at radius 1 is 1.35 bits per heavy atom. The molecule has 0 fully saturated rings. The predicted molar refractivity (Wildman–Crippen MR) is 65.4 cm³/mol. The Bertz CT molecular complexity index is 666. The first-order valence-corrected chi connectivity index (χ1v) is 6.31. The third-order valence-electron chi connectivity index (χ3n) is 2.21. The van der Waals surface area contributed by atoms with Crippen LogP contribution in [0.3, 0.4) is 0 Å². The van der Waals surface area contributed by atoms with E-state index in [9.17, 15) is 13.2 Å². The van der Waals surface area contributed by atoms with E-state index in [1.54, 1.807) is 6.07 Å². The highest BCUT2D eigenvalue weighted by Gasteiger charge is 2.34. The molecule has 0 aliphatic rings. The van der Waals surface area contributed by atoms with Crippen LogP contribution in [0.1, 0.15) is 16.1 Å². The lowest BCUT2D eigenvalue weighted by molar-refractivity contribution is -0.139. The van der Waals surface area contributed by atoms with Gasteiger partial charge in [0.2, 0.25) is 4.47 Å². The molecule has 1 aromatic heterocycles. The van der Waals surface area contributed by atoms with Crippen LogP contribution >= 0.6 is 22.9 Å². The number of ether oxygens (including phenoxy) is 1. The number of halogens is 4. The Balaban J connectivity index is 2.25. The minimum absolute atomic E-state index is 0.0939. The van der Waals surface area contributed by atoms with Crippen molar-refractivity contribution in [3.8, 4) is 11.8 Å². The second-order valence-electron chi connectivity index (χ2n) is 3.56. The monoisotopic (exact) mass is 319 g/mol. The average Bonchev–Trinajstić information content (AvgIpc) is 2.81. The highest BCUT2D eigenvalue weighted by molar-refractivity contribution is 7.15. The lowest BCUT2D eigenvalue weighted by Gasteiger charge is -2.13. The Kier molecular flexibility index (Phi) is 4.11. The number of benzene rings is 1. The maximum atomic E-state index is 12.9. The van der Waals surface area contributed by atoms with Crippen LogP contribution in [0.25, 0.3) is 0 Å². The summed E-state index contributed by atoms with van der Waals surface area (Å²) < 4.78 is 43.8. The number of nitriles is 1. The van der Waals surface area contributed by atoms with Crippen LogP contribution in [0.4, 0.5) is 13.2 Å². The molecule has 104 valence electrons. The summed E-state index contributed by atoms with van der Waals surface area (Å²) in [7, 11) is 0. The molecular weight excluding hydrogens is 315 g/mol. The number of hydrogen-bond donors (Lipinski definition) is 0. The van der Waals surface area contributed by atoms with Crippen molar-refractivity contribution in [3.05, 3.63) is 38.8 Å². The maximum absolute atomic E-state index is 12.9. The van der Waals surface area contributed by atoms with Gasteiger partial charge in [-0.05, 0) is 29.8 Å². The summed E-state index contributed by atoms with van der Waals surface area (Å²) >= 11 is 6.57. The SMILES string of the molecule is N#Cc1ccc(OCc2nnc(Cl)s2)c(C(F)(F)F)c1. The number of hydrogen-bond acceptors (Lipinski definition) is 5. The average molecular weight is 320 g/mol. The minimum atomic E-state index is -4.61. The predicted octanol–water partition coefficient (Wildman–Crippen LogP) is 3.66. The first-order valence-electron chi connectivity index (χ1n) is 5.12. The van der Waals surface area contributed by atoms with Gasteiger partial charge in [0, 0.05) is 0 Å². The van der Waals surface area contributed by atoms with Crippen molar-refractivity contribution in [2.45, 2.75) is 12.8 Å². The third kappa shape index (κ3) is 3.37. The molecule has 0 bridgehead atoms. The Labute approximate surface area is 120 Å². The Morgan fingerprint density at radius 3 is 2.65 bits per heavy atom. The zero-order chi connectivity index (χ0) is 14.8. The van der Waals surface area contributed by atoms with Crippen LogP contribution in [0.2, 0.25) is 4.47 Å². The summed E-state index contributed by atoms with van der Waals surface area (Å²) in [6.45, 7) is -0.181. The summed E-state index contributed by atoms with van der Waals surface area (Å²) in [5.41, 5.74) is -1.10. The fourth-order valence-electron chi connectivity index (χ4n) is 1.38. The summed E-state index contributed by atoms with van der Waals surface area (Å²) in [5, 5.41) is 16.1. The van der Waals surface area contributed by atoms with Crippen molar-refractivity contribution in [2.24, 2.45) is 0 Å². The smallest absolute Gasteiger partial charge is 0.420 e. The Morgan fingerprint density at radius 2 is 2.10 bits per heavy atom. The molecule has 2 rings (SSSR count). The highest BCUT2D eigenvalue weighted by atomic mass is 35.5. The molecular formula is C11H5ClF3N3OS. The largest absolute Gasteiger partial charge is 0.486 e. The number of rotatable bonds is 3. The summed E-state index contributed by atoms with van der Waals surface area (Å²) in [6.07, 6.45) is -4.61. The van der Waals surface area contributed by atoms with Crippen LogP contribution in [-0.4, -0.2) is 10.2 Å². The molecule has 0 unspecified atom stereocenters. The van der Waals surface area contributed by atoms with E-state index in [4.69, 9.17) is 21.6 Å². The molecule has 0 spiro atoms. The van der Waals surface area contributed by atoms with Crippen LogP contribution in [0.5, 0.6) is 5.75 Å². The maximum Gasteiger partial charge on any atom is 0.420 e. The van der Waals surface area contributed by atoms with Crippen molar-refractivity contribution in [2.75, 3.05) is 0 Å². The van der Waals surface area contributed by atoms with Gasteiger partial charge in [-0.3, -0.25) is 0 Å². The van der Waals surface area contributed by atoms with Gasteiger partial charge in [0.05, 0.1) is 17.2 Å². The molecule has 4 nitrogen and oxygen atoms in total.